The molecule has 0 saturated carbocycles. The molecule has 0 unspecified atom stereocenters. The highest BCUT2D eigenvalue weighted by atomic mass is 79.9. The Morgan fingerprint density at radius 1 is 0.875 bits per heavy atom. The van der Waals surface area contributed by atoms with Crippen LogP contribution in [0, 0.1) is 10.8 Å². The average Bonchev–Trinajstić information content (AvgIpc) is 2.87. The third-order valence-corrected chi connectivity index (χ3v) is 8.90. The number of rotatable bonds is 8. The first kappa shape index (κ1) is 28.8. The highest BCUT2D eigenvalue weighted by Crippen LogP contribution is 2.54. The smallest absolute Gasteiger partial charge is 0.162 e. The summed E-state index contributed by atoms with van der Waals surface area (Å²) >= 11 is 3.73. The summed E-state index contributed by atoms with van der Waals surface area (Å²) in [7, 11) is 1.72. The van der Waals surface area contributed by atoms with Gasteiger partial charge in [0.1, 0.15) is 12.4 Å². The Labute approximate surface area is 246 Å². The number of hydrogen-bond donors (Lipinski definition) is 0. The first-order chi connectivity index (χ1) is 19.0. The molecule has 2 aromatic rings. The summed E-state index contributed by atoms with van der Waals surface area (Å²) in [6.07, 6.45) is 3.41. The molecule has 0 bridgehead atoms. The van der Waals surface area contributed by atoms with Gasteiger partial charge in [-0.25, -0.2) is 0 Å². The van der Waals surface area contributed by atoms with Crippen LogP contribution in [0.4, 0.5) is 0 Å². The van der Waals surface area contributed by atoms with Gasteiger partial charge in [-0.2, -0.15) is 0 Å². The van der Waals surface area contributed by atoms with Gasteiger partial charge < -0.3 is 14.4 Å². The molecule has 0 fully saturated rings. The molecule has 0 N–H and O–H groups in total. The maximum Gasteiger partial charge on any atom is 0.162 e. The quantitative estimate of drug-likeness (QED) is 0.288. The van der Waals surface area contributed by atoms with E-state index in [9.17, 15) is 9.59 Å². The Morgan fingerprint density at radius 2 is 1.48 bits per heavy atom. The van der Waals surface area contributed by atoms with Crippen LogP contribution in [0.1, 0.15) is 76.8 Å². The molecule has 1 aliphatic heterocycles. The Hall–Kier alpha value is -2.70. The standard InChI is InChI=1S/C34H40BrNO4/c1-33(2)17-25-31(27(37)19-33)30(23-12-13-29(24(35)16-23)40-21-22-10-7-6-8-11-22)32-26(36(25)14-9-15-39-5)18-34(3,4)20-28(32)38/h6-8,10-13,16,30H,9,14-15,17-21H2,1-5H3. The van der Waals surface area contributed by atoms with Crippen LogP contribution < -0.4 is 4.74 Å². The largest absolute Gasteiger partial charge is 0.488 e. The lowest BCUT2D eigenvalue weighted by Gasteiger charge is -2.49. The number of ether oxygens (including phenoxy) is 2. The van der Waals surface area contributed by atoms with Crippen molar-refractivity contribution in [2.75, 3.05) is 20.3 Å². The Bertz CT molecular complexity index is 1320. The van der Waals surface area contributed by atoms with Crippen molar-refractivity contribution in [1.29, 1.82) is 0 Å². The summed E-state index contributed by atoms with van der Waals surface area (Å²) in [6.45, 7) is 10.5. The summed E-state index contributed by atoms with van der Waals surface area (Å²) in [5.74, 6) is 0.672. The van der Waals surface area contributed by atoms with Gasteiger partial charge in [0.25, 0.3) is 0 Å². The van der Waals surface area contributed by atoms with Crippen molar-refractivity contribution in [3.8, 4) is 5.75 Å². The third kappa shape index (κ3) is 5.84. The van der Waals surface area contributed by atoms with Gasteiger partial charge in [-0.05, 0) is 69.3 Å². The van der Waals surface area contributed by atoms with Gasteiger partial charge in [0.05, 0.1) is 4.47 Å². The molecule has 0 radical (unpaired) electrons. The molecule has 0 atom stereocenters. The number of methoxy groups -OCH3 is 1. The molecule has 0 saturated heterocycles. The van der Waals surface area contributed by atoms with E-state index in [-0.39, 0.29) is 28.3 Å². The van der Waals surface area contributed by atoms with Crippen LogP contribution in [0.2, 0.25) is 0 Å². The first-order valence-electron chi connectivity index (χ1n) is 14.2. The van der Waals surface area contributed by atoms with E-state index in [2.05, 4.69) is 48.5 Å². The molecule has 212 valence electrons. The van der Waals surface area contributed by atoms with E-state index < -0.39 is 0 Å². The predicted molar refractivity (Wildman–Crippen MR) is 161 cm³/mol. The highest BCUT2D eigenvalue weighted by molar-refractivity contribution is 9.10. The number of allylic oxidation sites excluding steroid dienone is 4. The van der Waals surface area contributed by atoms with Crippen LogP contribution in [-0.2, 0) is 20.9 Å². The van der Waals surface area contributed by atoms with Gasteiger partial charge in [-0.1, -0.05) is 64.1 Å². The van der Waals surface area contributed by atoms with Crippen LogP contribution in [0.5, 0.6) is 5.75 Å². The summed E-state index contributed by atoms with van der Waals surface area (Å²) in [5.41, 5.74) is 5.55. The second-order valence-electron chi connectivity index (χ2n) is 13.0. The van der Waals surface area contributed by atoms with Crippen molar-refractivity contribution >= 4 is 27.5 Å². The predicted octanol–water partition coefficient (Wildman–Crippen LogP) is 7.75. The first-order valence-corrected chi connectivity index (χ1v) is 15.0. The molecule has 40 heavy (non-hydrogen) atoms. The van der Waals surface area contributed by atoms with Gasteiger partial charge in [0.2, 0.25) is 0 Å². The zero-order valence-electron chi connectivity index (χ0n) is 24.3. The van der Waals surface area contributed by atoms with E-state index in [4.69, 9.17) is 9.47 Å². The molecular formula is C34H40BrNO4. The summed E-state index contributed by atoms with van der Waals surface area (Å²) < 4.78 is 12.3. The van der Waals surface area contributed by atoms with Crippen LogP contribution in [0.15, 0.2) is 75.5 Å². The number of halogens is 1. The molecule has 1 heterocycles. The van der Waals surface area contributed by atoms with Gasteiger partial charge in [0, 0.05) is 61.6 Å². The van der Waals surface area contributed by atoms with Crippen LogP contribution in [0.25, 0.3) is 0 Å². The average molecular weight is 607 g/mol. The number of Topliss-reactive ketones (excluding diaryl/α,β-unsaturated/α-hetero) is 2. The molecule has 0 aromatic heterocycles. The second kappa shape index (κ2) is 11.3. The van der Waals surface area contributed by atoms with Crippen molar-refractivity contribution in [3.63, 3.8) is 0 Å². The maximum atomic E-state index is 13.9. The molecule has 2 aliphatic carbocycles. The zero-order valence-corrected chi connectivity index (χ0v) is 25.9. The van der Waals surface area contributed by atoms with Gasteiger partial charge in [-0.15, -0.1) is 0 Å². The summed E-state index contributed by atoms with van der Waals surface area (Å²) in [6, 6.07) is 16.1. The fourth-order valence-corrected chi connectivity index (χ4v) is 7.08. The minimum atomic E-state index is -0.365. The van der Waals surface area contributed by atoms with Crippen molar-refractivity contribution in [1.82, 2.24) is 4.90 Å². The molecule has 0 spiro atoms. The normalized spacial score (nSPS) is 20.5. The number of ketones is 2. The molecule has 6 heteroatoms. The Morgan fingerprint density at radius 3 is 2.02 bits per heavy atom. The highest BCUT2D eigenvalue weighted by Gasteiger charge is 2.48. The van der Waals surface area contributed by atoms with Crippen molar-refractivity contribution in [3.05, 3.63) is 86.7 Å². The summed E-state index contributed by atoms with van der Waals surface area (Å²) in [4.78, 5) is 30.2. The Balaban J connectivity index is 1.60. The number of benzene rings is 2. The number of hydrogen-bond acceptors (Lipinski definition) is 5. The van der Waals surface area contributed by atoms with Crippen LogP contribution in [0.3, 0.4) is 0 Å². The Kier molecular flexibility index (Phi) is 8.13. The zero-order chi connectivity index (χ0) is 28.7. The van der Waals surface area contributed by atoms with E-state index in [1.54, 1.807) is 7.11 Å². The molecule has 5 rings (SSSR count). The minimum Gasteiger partial charge on any atom is -0.488 e. The van der Waals surface area contributed by atoms with Crippen LogP contribution in [-0.4, -0.2) is 36.7 Å². The molecular weight excluding hydrogens is 566 g/mol. The van der Waals surface area contributed by atoms with Gasteiger partial charge >= 0.3 is 0 Å². The lowest BCUT2D eigenvalue weighted by molar-refractivity contribution is -0.119. The molecule has 2 aromatic carbocycles. The van der Waals surface area contributed by atoms with Gasteiger partial charge in [0.15, 0.2) is 11.6 Å². The number of carbonyl (C=O) groups is 2. The third-order valence-electron chi connectivity index (χ3n) is 8.28. The molecule has 5 nitrogen and oxygen atoms in total. The fourth-order valence-electron chi connectivity index (χ4n) is 6.57. The lowest BCUT2D eigenvalue weighted by atomic mass is 9.63. The van der Waals surface area contributed by atoms with E-state index in [1.807, 2.05) is 48.5 Å². The van der Waals surface area contributed by atoms with Crippen LogP contribution >= 0.6 is 15.9 Å². The summed E-state index contributed by atoms with van der Waals surface area (Å²) in [5, 5.41) is 0. The minimum absolute atomic E-state index is 0.137. The maximum absolute atomic E-state index is 13.9. The van der Waals surface area contributed by atoms with Crippen molar-refractivity contribution in [2.45, 2.75) is 72.3 Å². The second-order valence-corrected chi connectivity index (χ2v) is 13.9. The monoisotopic (exact) mass is 605 g/mol. The van der Waals surface area contributed by atoms with E-state index in [1.165, 1.54) is 0 Å². The van der Waals surface area contributed by atoms with E-state index >= 15 is 0 Å². The van der Waals surface area contributed by atoms with Crippen molar-refractivity contribution in [2.24, 2.45) is 10.8 Å². The topological polar surface area (TPSA) is 55.8 Å². The van der Waals surface area contributed by atoms with E-state index in [0.717, 1.165) is 69.7 Å². The molecule has 0 amide bonds. The van der Waals surface area contributed by atoms with Crippen molar-refractivity contribution < 1.29 is 19.1 Å². The lowest BCUT2D eigenvalue weighted by Crippen LogP contribution is -2.44. The SMILES string of the molecule is COCCCN1C2=C(C(=O)CC(C)(C)C2)C(c2ccc(OCc3ccccc3)c(Br)c2)C2=C1CC(C)(C)CC2=O. The number of carbonyl (C=O) groups excluding carboxylic acids is 2. The fraction of sp³-hybridized carbons (Fsp3) is 0.471. The molecule has 3 aliphatic rings. The number of nitrogens with zero attached hydrogens (tertiary/aromatic N) is 1. The van der Waals surface area contributed by atoms with Gasteiger partial charge in [-0.3, -0.25) is 9.59 Å². The van der Waals surface area contributed by atoms with E-state index in [0.29, 0.717) is 26.1 Å².